The van der Waals surface area contributed by atoms with Gasteiger partial charge in [-0.15, -0.1) is 0 Å². The Morgan fingerprint density at radius 2 is 2.17 bits per heavy atom. The normalized spacial score (nSPS) is 36.7. The summed E-state index contributed by atoms with van der Waals surface area (Å²) in [6, 6.07) is 0.620. The van der Waals surface area contributed by atoms with Crippen molar-refractivity contribution < 1.29 is 4.74 Å². The van der Waals surface area contributed by atoms with E-state index in [-0.39, 0.29) is 0 Å². The molecule has 2 atom stereocenters. The smallest absolute Gasteiger partial charge is 0.0757 e. The summed E-state index contributed by atoms with van der Waals surface area (Å²) in [5.41, 5.74) is 0. The van der Waals surface area contributed by atoms with Crippen molar-refractivity contribution >= 4 is 0 Å². The standard InChI is InChI=1S/C10H17NO/c1-3-9(11-7-1)5-6-10-4-2-8-12-10/h5-6,9-11H,1-4,7-8H2/b6-5+. The lowest BCUT2D eigenvalue weighted by Gasteiger charge is -2.05. The first kappa shape index (κ1) is 8.27. The molecule has 0 aliphatic carbocycles. The lowest BCUT2D eigenvalue weighted by atomic mass is 10.1. The zero-order chi connectivity index (χ0) is 8.23. The lowest BCUT2D eigenvalue weighted by Crippen LogP contribution is -2.18. The fraction of sp³-hybridized carbons (Fsp3) is 0.800. The monoisotopic (exact) mass is 167 g/mol. The van der Waals surface area contributed by atoms with Crippen LogP contribution in [0.2, 0.25) is 0 Å². The molecule has 2 aliphatic heterocycles. The van der Waals surface area contributed by atoms with Crippen molar-refractivity contribution in [3.63, 3.8) is 0 Å². The predicted molar refractivity (Wildman–Crippen MR) is 49.1 cm³/mol. The van der Waals surface area contributed by atoms with Crippen molar-refractivity contribution in [1.29, 1.82) is 0 Å². The van der Waals surface area contributed by atoms with Gasteiger partial charge in [-0.1, -0.05) is 12.2 Å². The molecule has 0 aromatic heterocycles. The van der Waals surface area contributed by atoms with Crippen molar-refractivity contribution in [2.45, 2.75) is 37.8 Å². The Morgan fingerprint density at radius 3 is 2.83 bits per heavy atom. The average molecular weight is 167 g/mol. The summed E-state index contributed by atoms with van der Waals surface area (Å²) in [5.74, 6) is 0. The van der Waals surface area contributed by atoms with E-state index in [1.807, 2.05) is 0 Å². The van der Waals surface area contributed by atoms with Gasteiger partial charge < -0.3 is 10.1 Å². The molecule has 0 radical (unpaired) electrons. The largest absolute Gasteiger partial charge is 0.374 e. The van der Waals surface area contributed by atoms with Crippen molar-refractivity contribution in [2.24, 2.45) is 0 Å². The van der Waals surface area contributed by atoms with Gasteiger partial charge in [-0.3, -0.25) is 0 Å². The number of rotatable bonds is 2. The molecule has 12 heavy (non-hydrogen) atoms. The van der Waals surface area contributed by atoms with Gasteiger partial charge in [0.1, 0.15) is 0 Å². The Kier molecular flexibility index (Phi) is 2.79. The third-order valence-corrected chi connectivity index (χ3v) is 2.62. The van der Waals surface area contributed by atoms with Gasteiger partial charge in [0.2, 0.25) is 0 Å². The van der Waals surface area contributed by atoms with Crippen LogP contribution < -0.4 is 5.32 Å². The van der Waals surface area contributed by atoms with Crippen LogP contribution in [0, 0.1) is 0 Å². The van der Waals surface area contributed by atoms with Gasteiger partial charge in [0.05, 0.1) is 6.10 Å². The topological polar surface area (TPSA) is 21.3 Å². The molecule has 0 bridgehead atoms. The lowest BCUT2D eigenvalue weighted by molar-refractivity contribution is 0.145. The molecular formula is C10H17NO. The molecule has 2 nitrogen and oxygen atoms in total. The highest BCUT2D eigenvalue weighted by molar-refractivity contribution is 5.00. The Labute approximate surface area is 74.0 Å². The molecule has 0 saturated carbocycles. The first-order valence-corrected chi connectivity index (χ1v) is 4.98. The quantitative estimate of drug-likeness (QED) is 0.629. The molecule has 2 aliphatic rings. The number of ether oxygens (including phenoxy) is 1. The molecule has 1 N–H and O–H groups in total. The van der Waals surface area contributed by atoms with E-state index in [9.17, 15) is 0 Å². The second-order valence-electron chi connectivity index (χ2n) is 3.64. The fourth-order valence-electron chi connectivity index (χ4n) is 1.89. The number of hydrogen-bond donors (Lipinski definition) is 1. The van der Waals surface area contributed by atoms with Crippen LogP contribution in [-0.4, -0.2) is 25.3 Å². The van der Waals surface area contributed by atoms with Crippen LogP contribution in [0.25, 0.3) is 0 Å². The van der Waals surface area contributed by atoms with E-state index in [0.29, 0.717) is 12.1 Å². The summed E-state index contributed by atoms with van der Waals surface area (Å²) in [6.07, 6.45) is 9.98. The van der Waals surface area contributed by atoms with Crippen molar-refractivity contribution in [3.05, 3.63) is 12.2 Å². The highest BCUT2D eigenvalue weighted by Gasteiger charge is 2.14. The maximum atomic E-state index is 5.50. The summed E-state index contributed by atoms with van der Waals surface area (Å²) in [5, 5.41) is 3.44. The van der Waals surface area contributed by atoms with Crippen molar-refractivity contribution in [1.82, 2.24) is 5.32 Å². The van der Waals surface area contributed by atoms with E-state index in [0.717, 1.165) is 6.61 Å². The minimum Gasteiger partial charge on any atom is -0.374 e. The second-order valence-corrected chi connectivity index (χ2v) is 3.64. The number of hydrogen-bond acceptors (Lipinski definition) is 2. The SMILES string of the molecule is C(=C\C1CCCO1)/C1CCCN1. The fourth-order valence-corrected chi connectivity index (χ4v) is 1.89. The molecule has 0 spiro atoms. The Morgan fingerprint density at radius 1 is 1.17 bits per heavy atom. The molecule has 0 amide bonds. The molecule has 0 aromatic rings. The summed E-state index contributed by atoms with van der Waals surface area (Å²) in [7, 11) is 0. The van der Waals surface area contributed by atoms with Gasteiger partial charge in [-0.05, 0) is 32.2 Å². The van der Waals surface area contributed by atoms with E-state index in [1.165, 1.54) is 32.2 Å². The first-order chi connectivity index (χ1) is 5.95. The molecule has 2 unspecified atom stereocenters. The molecule has 2 saturated heterocycles. The molecule has 2 rings (SSSR count). The van der Waals surface area contributed by atoms with Crippen LogP contribution in [0.1, 0.15) is 25.7 Å². The second kappa shape index (κ2) is 4.06. The maximum absolute atomic E-state index is 5.50. The van der Waals surface area contributed by atoms with Crippen LogP contribution >= 0.6 is 0 Å². The summed E-state index contributed by atoms with van der Waals surface area (Å²) in [4.78, 5) is 0. The van der Waals surface area contributed by atoms with E-state index in [4.69, 9.17) is 4.74 Å². The molecule has 2 heterocycles. The predicted octanol–water partition coefficient (Wildman–Crippen LogP) is 1.47. The minimum atomic E-state index is 0.410. The summed E-state index contributed by atoms with van der Waals surface area (Å²) in [6.45, 7) is 2.13. The van der Waals surface area contributed by atoms with Gasteiger partial charge >= 0.3 is 0 Å². The highest BCUT2D eigenvalue weighted by atomic mass is 16.5. The molecule has 2 heteroatoms. The van der Waals surface area contributed by atoms with Gasteiger partial charge in [-0.25, -0.2) is 0 Å². The van der Waals surface area contributed by atoms with Gasteiger partial charge in [0, 0.05) is 12.6 Å². The van der Waals surface area contributed by atoms with E-state index >= 15 is 0 Å². The Hall–Kier alpha value is -0.340. The summed E-state index contributed by atoms with van der Waals surface area (Å²) >= 11 is 0. The first-order valence-electron chi connectivity index (χ1n) is 4.98. The minimum absolute atomic E-state index is 0.410. The van der Waals surface area contributed by atoms with Crippen LogP contribution in [0.4, 0.5) is 0 Å². The Balaban J connectivity index is 1.75. The van der Waals surface area contributed by atoms with Crippen molar-refractivity contribution in [2.75, 3.05) is 13.2 Å². The number of nitrogens with one attached hydrogen (secondary N) is 1. The molecule has 0 aromatic carbocycles. The highest BCUT2D eigenvalue weighted by Crippen LogP contribution is 2.14. The maximum Gasteiger partial charge on any atom is 0.0757 e. The van der Waals surface area contributed by atoms with Crippen LogP contribution in [0.5, 0.6) is 0 Å². The van der Waals surface area contributed by atoms with E-state index in [2.05, 4.69) is 17.5 Å². The molecule has 68 valence electrons. The van der Waals surface area contributed by atoms with Crippen LogP contribution in [0.15, 0.2) is 12.2 Å². The molecule has 2 fully saturated rings. The van der Waals surface area contributed by atoms with E-state index < -0.39 is 0 Å². The van der Waals surface area contributed by atoms with Crippen LogP contribution in [0.3, 0.4) is 0 Å². The summed E-state index contributed by atoms with van der Waals surface area (Å²) < 4.78 is 5.50. The van der Waals surface area contributed by atoms with E-state index in [1.54, 1.807) is 0 Å². The van der Waals surface area contributed by atoms with Gasteiger partial charge in [0.15, 0.2) is 0 Å². The van der Waals surface area contributed by atoms with Crippen LogP contribution in [-0.2, 0) is 4.74 Å². The van der Waals surface area contributed by atoms with Gasteiger partial charge in [0.25, 0.3) is 0 Å². The zero-order valence-electron chi connectivity index (χ0n) is 7.46. The van der Waals surface area contributed by atoms with Crippen molar-refractivity contribution in [3.8, 4) is 0 Å². The zero-order valence-corrected chi connectivity index (χ0v) is 7.46. The van der Waals surface area contributed by atoms with Gasteiger partial charge in [-0.2, -0.15) is 0 Å². The molecular weight excluding hydrogens is 150 g/mol. The average Bonchev–Trinajstić information content (AvgIpc) is 2.74. The third-order valence-electron chi connectivity index (χ3n) is 2.62. The third kappa shape index (κ3) is 2.08. The Bertz CT molecular complexity index is 137.